The second-order valence-corrected chi connectivity index (χ2v) is 7.24. The third kappa shape index (κ3) is 4.09. The van der Waals surface area contributed by atoms with E-state index in [9.17, 15) is 9.18 Å². The summed E-state index contributed by atoms with van der Waals surface area (Å²) in [6.45, 7) is 3.82. The molecule has 1 heterocycles. The molecular formula is C19H21FN2OS. The lowest BCUT2D eigenvalue weighted by molar-refractivity contribution is -0.119. The second-order valence-electron chi connectivity index (χ2n) is 5.90. The monoisotopic (exact) mass is 344 g/mol. The van der Waals surface area contributed by atoms with Crippen molar-refractivity contribution < 1.29 is 9.18 Å². The Hall–Kier alpha value is -2.01. The van der Waals surface area contributed by atoms with Crippen LogP contribution in [0.5, 0.6) is 0 Å². The molecule has 0 saturated heterocycles. The minimum atomic E-state index is -0.266. The highest BCUT2D eigenvalue weighted by Crippen LogP contribution is 2.39. The molecule has 24 heavy (non-hydrogen) atoms. The summed E-state index contributed by atoms with van der Waals surface area (Å²) in [7, 11) is 0. The number of carbonyl (C=O) groups is 1. The molecule has 0 radical (unpaired) electrons. The van der Waals surface area contributed by atoms with Gasteiger partial charge in [-0.1, -0.05) is 31.2 Å². The Morgan fingerprint density at radius 3 is 2.75 bits per heavy atom. The molecule has 0 unspecified atom stereocenters. The molecule has 2 aromatic rings. The van der Waals surface area contributed by atoms with Crippen LogP contribution in [0, 0.1) is 5.82 Å². The first-order valence-corrected chi connectivity index (χ1v) is 9.05. The highest BCUT2D eigenvalue weighted by Gasteiger charge is 2.25. The van der Waals surface area contributed by atoms with Gasteiger partial charge in [0, 0.05) is 23.2 Å². The van der Waals surface area contributed by atoms with E-state index in [1.807, 2.05) is 23.9 Å². The van der Waals surface area contributed by atoms with Crippen LogP contribution in [-0.2, 0) is 11.3 Å². The third-order valence-corrected chi connectivity index (χ3v) is 5.53. The maximum absolute atomic E-state index is 12.9. The molecule has 0 aromatic heterocycles. The lowest BCUT2D eigenvalue weighted by Crippen LogP contribution is -2.42. The fourth-order valence-corrected chi connectivity index (χ4v) is 4.03. The van der Waals surface area contributed by atoms with Crippen molar-refractivity contribution in [2.24, 2.45) is 0 Å². The van der Waals surface area contributed by atoms with Gasteiger partial charge in [0.05, 0.1) is 12.2 Å². The van der Waals surface area contributed by atoms with Crippen molar-refractivity contribution in [3.63, 3.8) is 0 Å². The van der Waals surface area contributed by atoms with Crippen LogP contribution < -0.4 is 10.2 Å². The quantitative estimate of drug-likeness (QED) is 0.895. The Labute approximate surface area is 146 Å². The summed E-state index contributed by atoms with van der Waals surface area (Å²) in [6, 6.07) is 14.4. The summed E-state index contributed by atoms with van der Waals surface area (Å²) in [4.78, 5) is 15.7. The SMILES string of the molecule is CC[C@@H]1CN(CC(=O)NCc2ccc(F)cc2)c2ccccc2S1. The summed E-state index contributed by atoms with van der Waals surface area (Å²) < 4.78 is 12.9. The van der Waals surface area contributed by atoms with Gasteiger partial charge >= 0.3 is 0 Å². The minimum absolute atomic E-state index is 0.0177. The van der Waals surface area contributed by atoms with Crippen LogP contribution in [0.1, 0.15) is 18.9 Å². The van der Waals surface area contributed by atoms with Gasteiger partial charge < -0.3 is 10.2 Å². The zero-order valence-corrected chi connectivity index (χ0v) is 14.5. The van der Waals surface area contributed by atoms with E-state index in [-0.39, 0.29) is 11.7 Å². The van der Waals surface area contributed by atoms with Crippen molar-refractivity contribution in [3.05, 3.63) is 59.9 Å². The zero-order valence-electron chi connectivity index (χ0n) is 13.7. The predicted molar refractivity (Wildman–Crippen MR) is 96.8 cm³/mol. The highest BCUT2D eigenvalue weighted by atomic mass is 32.2. The maximum Gasteiger partial charge on any atom is 0.239 e. The van der Waals surface area contributed by atoms with Gasteiger partial charge in [-0.2, -0.15) is 0 Å². The topological polar surface area (TPSA) is 32.3 Å². The summed E-state index contributed by atoms with van der Waals surface area (Å²) in [6.07, 6.45) is 1.08. The second kappa shape index (κ2) is 7.71. The van der Waals surface area contributed by atoms with E-state index >= 15 is 0 Å². The normalized spacial score (nSPS) is 16.6. The molecule has 1 amide bonds. The van der Waals surface area contributed by atoms with Gasteiger partial charge in [0.1, 0.15) is 5.82 Å². The Morgan fingerprint density at radius 2 is 2.00 bits per heavy atom. The van der Waals surface area contributed by atoms with Crippen molar-refractivity contribution in [1.82, 2.24) is 5.32 Å². The van der Waals surface area contributed by atoms with E-state index in [0.717, 1.165) is 24.2 Å². The number of rotatable bonds is 5. The molecule has 2 aromatic carbocycles. The summed E-state index contributed by atoms with van der Waals surface area (Å²) in [5.41, 5.74) is 2.02. The van der Waals surface area contributed by atoms with E-state index in [4.69, 9.17) is 0 Å². The van der Waals surface area contributed by atoms with E-state index in [0.29, 0.717) is 18.3 Å². The number of halogens is 1. The van der Waals surface area contributed by atoms with Gasteiger partial charge in [-0.05, 0) is 36.2 Å². The first-order valence-electron chi connectivity index (χ1n) is 8.17. The number of carbonyl (C=O) groups excluding carboxylic acids is 1. The van der Waals surface area contributed by atoms with Crippen LogP contribution in [0.3, 0.4) is 0 Å². The highest BCUT2D eigenvalue weighted by molar-refractivity contribution is 8.00. The van der Waals surface area contributed by atoms with Crippen LogP contribution >= 0.6 is 11.8 Å². The number of thioether (sulfide) groups is 1. The fraction of sp³-hybridized carbons (Fsp3) is 0.316. The molecular weight excluding hydrogens is 323 g/mol. The molecule has 3 nitrogen and oxygen atoms in total. The third-order valence-electron chi connectivity index (χ3n) is 4.12. The number of nitrogens with one attached hydrogen (secondary N) is 1. The van der Waals surface area contributed by atoms with Crippen molar-refractivity contribution in [2.75, 3.05) is 18.0 Å². The number of amides is 1. The number of anilines is 1. The minimum Gasteiger partial charge on any atom is -0.360 e. The average Bonchev–Trinajstić information content (AvgIpc) is 2.61. The standard InChI is InChI=1S/C19H21FN2OS/c1-2-16-12-22(17-5-3-4-6-18(17)24-16)13-19(23)21-11-14-7-9-15(20)10-8-14/h3-10,16H,2,11-13H2,1H3,(H,21,23)/t16-/m1/s1. The lowest BCUT2D eigenvalue weighted by Gasteiger charge is -2.34. The van der Waals surface area contributed by atoms with Crippen LogP contribution in [0.15, 0.2) is 53.4 Å². The molecule has 0 fully saturated rings. The van der Waals surface area contributed by atoms with Crippen molar-refractivity contribution in [3.8, 4) is 0 Å². The smallest absolute Gasteiger partial charge is 0.239 e. The fourth-order valence-electron chi connectivity index (χ4n) is 2.77. The Balaban J connectivity index is 1.62. The van der Waals surface area contributed by atoms with Crippen molar-refractivity contribution in [2.45, 2.75) is 30.0 Å². The molecule has 0 bridgehead atoms. The lowest BCUT2D eigenvalue weighted by atomic mass is 10.2. The van der Waals surface area contributed by atoms with Crippen molar-refractivity contribution in [1.29, 1.82) is 0 Å². The zero-order chi connectivity index (χ0) is 16.9. The average molecular weight is 344 g/mol. The van der Waals surface area contributed by atoms with Crippen molar-refractivity contribution >= 4 is 23.4 Å². The van der Waals surface area contributed by atoms with Crippen LogP contribution in [-0.4, -0.2) is 24.2 Å². The van der Waals surface area contributed by atoms with E-state index in [2.05, 4.69) is 29.3 Å². The molecule has 1 N–H and O–H groups in total. The van der Waals surface area contributed by atoms with Crippen LogP contribution in [0.2, 0.25) is 0 Å². The molecule has 5 heteroatoms. The number of hydrogen-bond donors (Lipinski definition) is 1. The number of para-hydroxylation sites is 1. The Bertz CT molecular complexity index is 705. The number of benzene rings is 2. The number of nitrogens with zero attached hydrogens (tertiary/aromatic N) is 1. The first kappa shape index (κ1) is 16.8. The molecule has 0 saturated carbocycles. The first-order chi connectivity index (χ1) is 11.7. The summed E-state index contributed by atoms with van der Waals surface area (Å²) in [5, 5.41) is 3.42. The molecule has 1 aliphatic rings. The Kier molecular flexibility index (Phi) is 5.41. The molecule has 1 atom stereocenters. The van der Waals surface area contributed by atoms with Gasteiger partial charge in [0.15, 0.2) is 0 Å². The summed E-state index contributed by atoms with van der Waals surface area (Å²) >= 11 is 1.89. The van der Waals surface area contributed by atoms with Crippen LogP contribution in [0.4, 0.5) is 10.1 Å². The van der Waals surface area contributed by atoms with E-state index in [1.165, 1.54) is 17.0 Å². The molecule has 126 valence electrons. The van der Waals surface area contributed by atoms with E-state index in [1.54, 1.807) is 12.1 Å². The maximum atomic E-state index is 12.9. The molecule has 0 spiro atoms. The number of hydrogen-bond acceptors (Lipinski definition) is 3. The molecule has 0 aliphatic carbocycles. The van der Waals surface area contributed by atoms with Gasteiger partial charge in [-0.15, -0.1) is 11.8 Å². The number of fused-ring (bicyclic) bond motifs is 1. The van der Waals surface area contributed by atoms with E-state index < -0.39 is 0 Å². The molecule has 3 rings (SSSR count). The van der Waals surface area contributed by atoms with Gasteiger partial charge in [-0.3, -0.25) is 4.79 Å². The predicted octanol–water partition coefficient (Wildman–Crippen LogP) is 3.83. The molecule has 1 aliphatic heterocycles. The van der Waals surface area contributed by atoms with Gasteiger partial charge in [0.2, 0.25) is 5.91 Å². The Morgan fingerprint density at radius 1 is 1.25 bits per heavy atom. The summed E-state index contributed by atoms with van der Waals surface area (Å²) in [5.74, 6) is -0.283. The van der Waals surface area contributed by atoms with Gasteiger partial charge in [-0.25, -0.2) is 4.39 Å². The van der Waals surface area contributed by atoms with Crippen LogP contribution in [0.25, 0.3) is 0 Å². The van der Waals surface area contributed by atoms with Gasteiger partial charge in [0.25, 0.3) is 0 Å². The largest absolute Gasteiger partial charge is 0.360 e.